The normalized spacial score (nSPS) is 17.8. The molecule has 9 nitrogen and oxygen atoms in total. The van der Waals surface area contributed by atoms with Crippen LogP contribution in [0.4, 0.5) is 4.79 Å². The molecule has 0 spiro atoms. The molecule has 0 aliphatic heterocycles. The second-order valence-electron chi connectivity index (χ2n) is 10.8. The van der Waals surface area contributed by atoms with E-state index in [4.69, 9.17) is 14.2 Å². The second kappa shape index (κ2) is 16.8. The molecule has 3 aromatic carbocycles. The van der Waals surface area contributed by atoms with Crippen molar-refractivity contribution >= 4 is 12.0 Å². The van der Waals surface area contributed by atoms with Gasteiger partial charge in [0, 0.05) is 19.4 Å². The Morgan fingerprint density at radius 1 is 0.860 bits per heavy atom. The van der Waals surface area contributed by atoms with E-state index in [0.29, 0.717) is 32.5 Å². The maximum Gasteiger partial charge on any atom is 0.407 e. The molecule has 0 bridgehead atoms. The van der Waals surface area contributed by atoms with Crippen molar-refractivity contribution in [3.8, 4) is 0 Å². The van der Waals surface area contributed by atoms with Crippen molar-refractivity contribution in [2.45, 2.75) is 50.0 Å². The lowest BCUT2D eigenvalue weighted by Crippen LogP contribution is -2.47. The van der Waals surface area contributed by atoms with Crippen molar-refractivity contribution in [1.82, 2.24) is 10.6 Å². The zero-order valence-electron chi connectivity index (χ0n) is 24.6. The number of fused-ring (bicyclic) bond motifs is 1. The summed E-state index contributed by atoms with van der Waals surface area (Å²) in [5.41, 5.74) is 3.78. The molecule has 2 amide bonds. The van der Waals surface area contributed by atoms with Crippen LogP contribution in [-0.2, 0) is 38.3 Å². The molecule has 230 valence electrons. The molecule has 9 heteroatoms. The molecule has 5 atom stereocenters. The maximum absolute atomic E-state index is 13.8. The molecule has 4 rings (SSSR count). The fourth-order valence-corrected chi connectivity index (χ4v) is 5.44. The van der Waals surface area contributed by atoms with Crippen molar-refractivity contribution in [2.75, 3.05) is 33.5 Å². The Labute approximate surface area is 253 Å². The zero-order valence-corrected chi connectivity index (χ0v) is 24.6. The first kappa shape index (κ1) is 32.2. The van der Waals surface area contributed by atoms with Crippen LogP contribution in [0.25, 0.3) is 0 Å². The number of aliphatic hydroxyl groups is 2. The first-order valence-electron chi connectivity index (χ1n) is 14.8. The van der Waals surface area contributed by atoms with Crippen LogP contribution in [0.2, 0.25) is 0 Å². The zero-order chi connectivity index (χ0) is 30.4. The predicted molar refractivity (Wildman–Crippen MR) is 162 cm³/mol. The monoisotopic (exact) mass is 590 g/mol. The van der Waals surface area contributed by atoms with Gasteiger partial charge in [-0.3, -0.25) is 4.79 Å². The molecule has 1 aliphatic rings. The Bertz CT molecular complexity index is 1270. The summed E-state index contributed by atoms with van der Waals surface area (Å²) in [5, 5.41) is 28.1. The van der Waals surface area contributed by atoms with Crippen LogP contribution in [0.5, 0.6) is 0 Å². The lowest BCUT2D eigenvalue weighted by Gasteiger charge is -2.28. The second-order valence-corrected chi connectivity index (χ2v) is 10.8. The quantitative estimate of drug-likeness (QED) is 0.189. The molecule has 0 saturated carbocycles. The molecule has 3 aromatic rings. The van der Waals surface area contributed by atoms with Crippen LogP contribution < -0.4 is 10.6 Å². The van der Waals surface area contributed by atoms with E-state index in [9.17, 15) is 19.8 Å². The third-order valence-electron chi connectivity index (χ3n) is 7.68. The molecule has 0 saturated heterocycles. The van der Waals surface area contributed by atoms with Crippen LogP contribution in [0.1, 0.15) is 34.7 Å². The minimum Gasteiger partial charge on any atom is -0.447 e. The Morgan fingerprint density at radius 3 is 2.19 bits per heavy atom. The van der Waals surface area contributed by atoms with Gasteiger partial charge in [-0.15, -0.1) is 0 Å². The number of hydrogen-bond donors (Lipinski definition) is 4. The van der Waals surface area contributed by atoms with Gasteiger partial charge in [-0.1, -0.05) is 84.9 Å². The molecular weight excluding hydrogens is 548 g/mol. The van der Waals surface area contributed by atoms with E-state index >= 15 is 0 Å². The topological polar surface area (TPSA) is 126 Å². The number of nitrogens with one attached hydrogen (secondary N) is 2. The largest absolute Gasteiger partial charge is 0.447 e. The van der Waals surface area contributed by atoms with Gasteiger partial charge in [-0.05, 0) is 41.5 Å². The average Bonchev–Trinajstić information content (AvgIpc) is 3.33. The number of amides is 2. The maximum atomic E-state index is 13.8. The van der Waals surface area contributed by atoms with Crippen LogP contribution >= 0.6 is 0 Å². The van der Waals surface area contributed by atoms with Crippen LogP contribution in [0.15, 0.2) is 84.9 Å². The standard InChI is InChI=1S/C34H42N2O7/c1-41-16-17-42-18-19-43-34(40)35-29(21-25-12-6-3-7-13-25)30(37)23-27(20-24-10-4-2-5-11-24)33(39)36-32-28-15-9-8-14-26(28)22-31(32)38/h2-15,27,29-32,37-38H,16-23H2,1H3,(H,35,40)(H,36,39)/t27-,29+,30+,31-,32+/m1/s1. The van der Waals surface area contributed by atoms with E-state index in [-0.39, 0.29) is 25.5 Å². The van der Waals surface area contributed by atoms with Crippen LogP contribution in [-0.4, -0.2) is 74.0 Å². The minimum absolute atomic E-state index is 0.0495. The number of aliphatic hydroxyl groups excluding tert-OH is 2. The molecular formula is C34H42N2O7. The van der Waals surface area contributed by atoms with E-state index in [1.165, 1.54) is 0 Å². The van der Waals surface area contributed by atoms with E-state index in [2.05, 4.69) is 10.6 Å². The van der Waals surface area contributed by atoms with E-state index in [1.807, 2.05) is 84.9 Å². The molecule has 4 N–H and O–H groups in total. The summed E-state index contributed by atoms with van der Waals surface area (Å²) in [7, 11) is 1.58. The minimum atomic E-state index is -1.06. The third-order valence-corrected chi connectivity index (χ3v) is 7.68. The predicted octanol–water partition coefficient (Wildman–Crippen LogP) is 3.37. The van der Waals surface area contributed by atoms with Crippen LogP contribution in [0.3, 0.4) is 0 Å². The molecule has 43 heavy (non-hydrogen) atoms. The molecule has 0 heterocycles. The van der Waals surface area contributed by atoms with Gasteiger partial charge in [0.25, 0.3) is 0 Å². The summed E-state index contributed by atoms with van der Waals surface area (Å²) >= 11 is 0. The molecule has 0 fully saturated rings. The summed E-state index contributed by atoms with van der Waals surface area (Å²) in [6.45, 7) is 1.11. The fraction of sp³-hybridized carbons (Fsp3) is 0.412. The highest BCUT2D eigenvalue weighted by Crippen LogP contribution is 2.32. The van der Waals surface area contributed by atoms with Crippen molar-refractivity contribution in [1.29, 1.82) is 0 Å². The van der Waals surface area contributed by atoms with Gasteiger partial charge in [-0.25, -0.2) is 4.79 Å². The lowest BCUT2D eigenvalue weighted by molar-refractivity contribution is -0.127. The van der Waals surface area contributed by atoms with Crippen molar-refractivity contribution in [3.05, 3.63) is 107 Å². The van der Waals surface area contributed by atoms with Gasteiger partial charge in [0.05, 0.1) is 44.1 Å². The van der Waals surface area contributed by atoms with Crippen molar-refractivity contribution < 1.29 is 34.0 Å². The van der Waals surface area contributed by atoms with Gasteiger partial charge in [-0.2, -0.15) is 0 Å². The highest BCUT2D eigenvalue weighted by Gasteiger charge is 2.35. The van der Waals surface area contributed by atoms with Gasteiger partial charge in [0.2, 0.25) is 5.91 Å². The summed E-state index contributed by atoms with van der Waals surface area (Å²) in [6, 6.07) is 25.6. The summed E-state index contributed by atoms with van der Waals surface area (Å²) in [5.74, 6) is -0.888. The number of alkyl carbamates (subject to hydrolysis) is 1. The van der Waals surface area contributed by atoms with E-state index < -0.39 is 36.3 Å². The third kappa shape index (κ3) is 9.90. The smallest absolute Gasteiger partial charge is 0.407 e. The number of benzene rings is 3. The Kier molecular flexibility index (Phi) is 12.5. The molecule has 0 unspecified atom stereocenters. The Balaban J connectivity index is 1.46. The van der Waals surface area contributed by atoms with Crippen LogP contribution in [0, 0.1) is 5.92 Å². The number of rotatable bonds is 16. The van der Waals surface area contributed by atoms with E-state index in [0.717, 1.165) is 22.3 Å². The Morgan fingerprint density at radius 2 is 1.49 bits per heavy atom. The SMILES string of the molecule is COCCOCCOC(=O)N[C@@H](Cc1ccccc1)[C@@H](O)C[C@@H](Cc1ccccc1)C(=O)N[C@H]1c2ccccc2C[C@H]1O. The van der Waals surface area contributed by atoms with Gasteiger partial charge < -0.3 is 35.1 Å². The molecule has 1 aliphatic carbocycles. The van der Waals surface area contributed by atoms with Crippen molar-refractivity contribution in [3.63, 3.8) is 0 Å². The number of ether oxygens (including phenoxy) is 3. The number of carbonyl (C=O) groups excluding carboxylic acids is 2. The lowest BCUT2D eigenvalue weighted by atomic mass is 9.88. The number of methoxy groups -OCH3 is 1. The fourth-order valence-electron chi connectivity index (χ4n) is 5.44. The number of hydrogen-bond acceptors (Lipinski definition) is 7. The summed E-state index contributed by atoms with van der Waals surface area (Å²) < 4.78 is 15.6. The van der Waals surface area contributed by atoms with E-state index in [1.54, 1.807) is 7.11 Å². The Hall–Kier alpha value is -3.76. The highest BCUT2D eigenvalue weighted by molar-refractivity contribution is 5.80. The van der Waals surface area contributed by atoms with Gasteiger partial charge in [0.1, 0.15) is 6.61 Å². The summed E-state index contributed by atoms with van der Waals surface area (Å²) in [6.07, 6.45) is -1.19. The molecule has 0 aromatic heterocycles. The average molecular weight is 591 g/mol. The first-order valence-corrected chi connectivity index (χ1v) is 14.8. The van der Waals surface area contributed by atoms with Gasteiger partial charge >= 0.3 is 6.09 Å². The van der Waals surface area contributed by atoms with Gasteiger partial charge in [0.15, 0.2) is 0 Å². The first-order chi connectivity index (χ1) is 20.9. The highest BCUT2D eigenvalue weighted by atomic mass is 16.6. The van der Waals surface area contributed by atoms with Crippen molar-refractivity contribution in [2.24, 2.45) is 5.92 Å². The number of carbonyl (C=O) groups is 2. The molecule has 0 radical (unpaired) electrons. The summed E-state index contributed by atoms with van der Waals surface area (Å²) in [4.78, 5) is 26.5.